The van der Waals surface area contributed by atoms with Crippen molar-refractivity contribution in [2.24, 2.45) is 0 Å². The smallest absolute Gasteiger partial charge is 0.274 e. The van der Waals surface area contributed by atoms with Gasteiger partial charge in [-0.15, -0.1) is 0 Å². The number of hydrogen-bond donors (Lipinski definition) is 2. The largest absolute Gasteiger partial charge is 0.389 e. The first kappa shape index (κ1) is 16.4. The molecular formula is C14H24N4O2. The van der Waals surface area contributed by atoms with Crippen LogP contribution in [0.1, 0.15) is 49.9 Å². The van der Waals surface area contributed by atoms with Crippen molar-refractivity contribution in [3.05, 3.63) is 17.7 Å². The van der Waals surface area contributed by atoms with Gasteiger partial charge in [0.05, 0.1) is 17.5 Å². The monoisotopic (exact) mass is 280 g/mol. The summed E-state index contributed by atoms with van der Waals surface area (Å²) in [7, 11) is 3.37. The Balaban J connectivity index is 3.10. The Hall–Kier alpha value is -1.69. The normalized spacial score (nSPS) is 11.6. The minimum absolute atomic E-state index is 0.145. The summed E-state index contributed by atoms with van der Waals surface area (Å²) >= 11 is 0. The highest BCUT2D eigenvalue weighted by atomic mass is 16.3. The summed E-state index contributed by atoms with van der Waals surface area (Å²) < 4.78 is 0. The molecule has 1 rings (SSSR count). The molecule has 6 nitrogen and oxygen atoms in total. The lowest BCUT2D eigenvalue weighted by Gasteiger charge is -2.26. The molecule has 0 fully saturated rings. The molecule has 0 saturated heterocycles. The van der Waals surface area contributed by atoms with Crippen molar-refractivity contribution in [3.8, 4) is 0 Å². The summed E-state index contributed by atoms with van der Waals surface area (Å²) in [5, 5.41) is 12.7. The fourth-order valence-corrected chi connectivity index (χ4v) is 1.85. The van der Waals surface area contributed by atoms with Crippen LogP contribution in [-0.2, 0) is 0 Å². The van der Waals surface area contributed by atoms with Crippen molar-refractivity contribution < 1.29 is 9.90 Å². The topological polar surface area (TPSA) is 78.4 Å². The van der Waals surface area contributed by atoms with Crippen LogP contribution in [0.2, 0.25) is 0 Å². The average Bonchev–Trinajstić information content (AvgIpc) is 2.34. The summed E-state index contributed by atoms with van der Waals surface area (Å²) in [4.78, 5) is 22.5. The van der Waals surface area contributed by atoms with Crippen LogP contribution in [0.25, 0.3) is 0 Å². The number of nitrogens with zero attached hydrogens (tertiary/aromatic N) is 3. The molecule has 0 bridgehead atoms. The van der Waals surface area contributed by atoms with Crippen molar-refractivity contribution in [2.75, 3.05) is 26.0 Å². The zero-order valence-electron chi connectivity index (χ0n) is 13.1. The first-order valence-electron chi connectivity index (χ1n) is 6.68. The first-order chi connectivity index (χ1) is 9.15. The van der Waals surface area contributed by atoms with Gasteiger partial charge in [-0.2, -0.15) is 0 Å². The number of nitrogens with one attached hydrogen (secondary N) is 1. The molecule has 6 heteroatoms. The highest BCUT2D eigenvalue weighted by molar-refractivity contribution is 5.97. The lowest BCUT2D eigenvalue weighted by molar-refractivity contribution is 0.0365. The molecule has 0 spiro atoms. The molecule has 1 aromatic rings. The van der Waals surface area contributed by atoms with E-state index in [0.717, 1.165) is 0 Å². The van der Waals surface area contributed by atoms with Gasteiger partial charge in [-0.3, -0.25) is 4.79 Å². The molecule has 0 saturated carbocycles. The van der Waals surface area contributed by atoms with Crippen LogP contribution in [-0.4, -0.2) is 52.1 Å². The maximum absolute atomic E-state index is 12.5. The molecule has 0 radical (unpaired) electrons. The highest BCUT2D eigenvalue weighted by Crippen LogP contribution is 2.18. The number of hydrogen-bond acceptors (Lipinski definition) is 5. The Labute approximate surface area is 120 Å². The molecule has 0 aliphatic rings. The Kier molecular flexibility index (Phi) is 5.05. The molecule has 0 aromatic carbocycles. The summed E-state index contributed by atoms with van der Waals surface area (Å²) in [5.74, 6) is 0.539. The van der Waals surface area contributed by atoms with Crippen molar-refractivity contribution in [1.29, 1.82) is 0 Å². The van der Waals surface area contributed by atoms with Gasteiger partial charge in [0.2, 0.25) is 0 Å². The summed E-state index contributed by atoms with van der Waals surface area (Å²) in [5.41, 5.74) is -0.0297. The molecule has 112 valence electrons. The van der Waals surface area contributed by atoms with Gasteiger partial charge >= 0.3 is 0 Å². The van der Waals surface area contributed by atoms with E-state index in [1.807, 2.05) is 13.8 Å². The van der Waals surface area contributed by atoms with Gasteiger partial charge in [0.1, 0.15) is 5.82 Å². The van der Waals surface area contributed by atoms with E-state index in [4.69, 9.17) is 0 Å². The van der Waals surface area contributed by atoms with Crippen molar-refractivity contribution >= 4 is 11.6 Å². The number of rotatable bonds is 5. The quantitative estimate of drug-likeness (QED) is 0.854. The highest BCUT2D eigenvalue weighted by Gasteiger charge is 2.24. The molecule has 0 aliphatic heterocycles. The summed E-state index contributed by atoms with van der Waals surface area (Å²) in [6.07, 6.45) is 1.62. The first-order valence-corrected chi connectivity index (χ1v) is 6.68. The zero-order chi connectivity index (χ0) is 15.5. The van der Waals surface area contributed by atoms with E-state index in [0.29, 0.717) is 17.2 Å². The second kappa shape index (κ2) is 6.17. The van der Waals surface area contributed by atoms with Gasteiger partial charge < -0.3 is 15.3 Å². The maximum Gasteiger partial charge on any atom is 0.274 e. The minimum atomic E-state index is -0.946. The number of aromatic nitrogens is 2. The maximum atomic E-state index is 12.5. The molecule has 0 aliphatic carbocycles. The fourth-order valence-electron chi connectivity index (χ4n) is 1.85. The molecular weight excluding hydrogens is 256 g/mol. The fraction of sp³-hybridized carbons (Fsp3) is 0.643. The molecule has 0 atom stereocenters. The number of likely N-dealkylation sites (N-methyl/N-ethyl adjacent to an activating group) is 1. The predicted molar refractivity (Wildman–Crippen MR) is 78.9 cm³/mol. The standard InChI is InChI=1S/C14H24N4O2/c1-9(2)12-16-7-10(15-5)11(17-12)13(19)18(6)8-14(3,4)20/h7,9,15,20H,8H2,1-6H3. The number of amides is 1. The molecule has 1 heterocycles. The van der Waals surface area contributed by atoms with Crippen LogP contribution in [0.15, 0.2) is 6.20 Å². The van der Waals surface area contributed by atoms with E-state index >= 15 is 0 Å². The molecule has 2 N–H and O–H groups in total. The lowest BCUT2D eigenvalue weighted by Crippen LogP contribution is -2.40. The second-order valence-electron chi connectivity index (χ2n) is 5.87. The van der Waals surface area contributed by atoms with E-state index in [1.165, 1.54) is 4.90 Å². The van der Waals surface area contributed by atoms with Crippen LogP contribution in [0.3, 0.4) is 0 Å². The number of carbonyl (C=O) groups excluding carboxylic acids is 1. The lowest BCUT2D eigenvalue weighted by atomic mass is 10.1. The Morgan fingerprint density at radius 3 is 2.55 bits per heavy atom. The third-order valence-electron chi connectivity index (χ3n) is 2.77. The van der Waals surface area contributed by atoms with Crippen molar-refractivity contribution in [2.45, 2.75) is 39.2 Å². The third kappa shape index (κ3) is 4.16. The minimum Gasteiger partial charge on any atom is -0.389 e. The third-order valence-corrected chi connectivity index (χ3v) is 2.77. The van der Waals surface area contributed by atoms with E-state index in [2.05, 4.69) is 15.3 Å². The van der Waals surface area contributed by atoms with E-state index in [-0.39, 0.29) is 18.4 Å². The predicted octanol–water partition coefficient (Wildman–Crippen LogP) is 1.48. The van der Waals surface area contributed by atoms with Crippen LogP contribution in [0, 0.1) is 0 Å². The van der Waals surface area contributed by atoms with Gasteiger partial charge in [0.15, 0.2) is 5.69 Å². The van der Waals surface area contributed by atoms with E-state index in [1.54, 1.807) is 34.1 Å². The number of anilines is 1. The van der Waals surface area contributed by atoms with Gasteiger partial charge in [0.25, 0.3) is 5.91 Å². The van der Waals surface area contributed by atoms with E-state index < -0.39 is 5.60 Å². The van der Waals surface area contributed by atoms with Crippen LogP contribution in [0.5, 0.6) is 0 Å². The van der Waals surface area contributed by atoms with Crippen molar-refractivity contribution in [3.63, 3.8) is 0 Å². The Morgan fingerprint density at radius 2 is 2.10 bits per heavy atom. The van der Waals surface area contributed by atoms with E-state index in [9.17, 15) is 9.90 Å². The van der Waals surface area contributed by atoms with Gasteiger partial charge in [-0.05, 0) is 13.8 Å². The zero-order valence-corrected chi connectivity index (χ0v) is 13.1. The van der Waals surface area contributed by atoms with Crippen LogP contribution < -0.4 is 5.32 Å². The summed E-state index contributed by atoms with van der Waals surface area (Å²) in [6, 6.07) is 0. The Morgan fingerprint density at radius 1 is 1.50 bits per heavy atom. The average molecular weight is 280 g/mol. The molecule has 1 amide bonds. The molecule has 20 heavy (non-hydrogen) atoms. The van der Waals surface area contributed by atoms with Gasteiger partial charge in [0, 0.05) is 26.6 Å². The SMILES string of the molecule is CNc1cnc(C(C)C)nc1C(=O)N(C)CC(C)(C)O. The number of carbonyl (C=O) groups is 1. The molecule has 0 unspecified atom stereocenters. The summed E-state index contributed by atoms with van der Waals surface area (Å²) in [6.45, 7) is 7.51. The van der Waals surface area contributed by atoms with Crippen molar-refractivity contribution in [1.82, 2.24) is 14.9 Å². The van der Waals surface area contributed by atoms with Crippen LogP contribution >= 0.6 is 0 Å². The molecule has 1 aromatic heterocycles. The number of aliphatic hydroxyl groups is 1. The van der Waals surface area contributed by atoms with Crippen LogP contribution in [0.4, 0.5) is 5.69 Å². The van der Waals surface area contributed by atoms with Gasteiger partial charge in [-0.25, -0.2) is 9.97 Å². The second-order valence-corrected chi connectivity index (χ2v) is 5.87. The Bertz CT molecular complexity index is 481. The van der Waals surface area contributed by atoms with Gasteiger partial charge in [-0.1, -0.05) is 13.8 Å².